The molecule has 0 radical (unpaired) electrons. The van der Waals surface area contributed by atoms with Gasteiger partial charge in [-0.2, -0.15) is 0 Å². The third-order valence-electron chi connectivity index (χ3n) is 3.63. The van der Waals surface area contributed by atoms with Gasteiger partial charge in [0.15, 0.2) is 0 Å². The van der Waals surface area contributed by atoms with E-state index in [-0.39, 0.29) is 0 Å². The molecule has 1 fully saturated rings. The molecule has 0 N–H and O–H groups in total. The van der Waals surface area contributed by atoms with Gasteiger partial charge in [0.25, 0.3) is 0 Å². The quantitative estimate of drug-likeness (QED) is 0.821. The standard InChI is InChI=1S/C14H22N2OS/c1-11(2)16-6-3-4-12(10-16)8-13(17)9-14-15-5-7-18-14/h5,7,11-12H,3-4,6,8-10H2,1-2H3/t12-/m0/s1. The van der Waals surface area contributed by atoms with Crippen molar-refractivity contribution in [2.75, 3.05) is 13.1 Å². The first-order chi connectivity index (χ1) is 8.65. The van der Waals surface area contributed by atoms with E-state index in [2.05, 4.69) is 23.7 Å². The topological polar surface area (TPSA) is 33.2 Å². The average Bonchev–Trinajstić information content (AvgIpc) is 2.82. The molecule has 0 aliphatic carbocycles. The number of likely N-dealkylation sites (tertiary alicyclic amines) is 1. The summed E-state index contributed by atoms with van der Waals surface area (Å²) in [6, 6.07) is 0.599. The molecule has 3 nitrogen and oxygen atoms in total. The predicted octanol–water partition coefficient (Wildman–Crippen LogP) is 2.77. The number of piperidine rings is 1. The molecule has 4 heteroatoms. The number of Topliss-reactive ketones (excluding diaryl/α,β-unsaturated/α-hetero) is 1. The molecule has 0 spiro atoms. The molecule has 2 heterocycles. The molecule has 0 amide bonds. The lowest BCUT2D eigenvalue weighted by Crippen LogP contribution is -2.40. The Kier molecular flexibility index (Phi) is 4.89. The first-order valence-corrected chi connectivity index (χ1v) is 7.67. The largest absolute Gasteiger partial charge is 0.301 e. The van der Waals surface area contributed by atoms with Crippen molar-refractivity contribution in [1.29, 1.82) is 0 Å². The third-order valence-corrected chi connectivity index (χ3v) is 4.41. The molecule has 100 valence electrons. The zero-order valence-corrected chi connectivity index (χ0v) is 12.1. The van der Waals surface area contributed by atoms with Gasteiger partial charge in [0.1, 0.15) is 5.78 Å². The van der Waals surface area contributed by atoms with Crippen molar-refractivity contribution in [3.05, 3.63) is 16.6 Å². The molecule has 0 unspecified atom stereocenters. The summed E-state index contributed by atoms with van der Waals surface area (Å²) in [5.41, 5.74) is 0. The van der Waals surface area contributed by atoms with Gasteiger partial charge in [-0.25, -0.2) is 4.98 Å². The normalized spacial score (nSPS) is 21.4. The van der Waals surface area contributed by atoms with Crippen LogP contribution in [-0.4, -0.2) is 34.8 Å². The van der Waals surface area contributed by atoms with Gasteiger partial charge in [-0.15, -0.1) is 11.3 Å². The van der Waals surface area contributed by atoms with Crippen LogP contribution in [0.1, 0.15) is 38.1 Å². The van der Waals surface area contributed by atoms with E-state index in [1.165, 1.54) is 19.4 Å². The summed E-state index contributed by atoms with van der Waals surface area (Å²) in [7, 11) is 0. The molecule has 1 saturated heterocycles. The Balaban J connectivity index is 1.80. The first-order valence-electron chi connectivity index (χ1n) is 6.79. The number of ketones is 1. The van der Waals surface area contributed by atoms with E-state index in [0.717, 1.165) is 18.0 Å². The summed E-state index contributed by atoms with van der Waals surface area (Å²) in [5.74, 6) is 0.897. The van der Waals surface area contributed by atoms with Gasteiger partial charge in [0, 0.05) is 30.6 Å². The van der Waals surface area contributed by atoms with E-state index in [9.17, 15) is 4.79 Å². The number of carbonyl (C=O) groups is 1. The Morgan fingerprint density at radius 3 is 3.11 bits per heavy atom. The van der Waals surface area contributed by atoms with Gasteiger partial charge < -0.3 is 4.90 Å². The van der Waals surface area contributed by atoms with Crippen molar-refractivity contribution < 1.29 is 4.79 Å². The number of thiazole rings is 1. The van der Waals surface area contributed by atoms with E-state index in [1.807, 2.05) is 5.38 Å². The maximum Gasteiger partial charge on any atom is 0.140 e. The molecule has 0 bridgehead atoms. The van der Waals surface area contributed by atoms with Crippen LogP contribution in [0.15, 0.2) is 11.6 Å². The van der Waals surface area contributed by atoms with Gasteiger partial charge in [0.05, 0.1) is 11.4 Å². The molecule has 0 aromatic carbocycles. The van der Waals surface area contributed by atoms with Crippen LogP contribution in [0.25, 0.3) is 0 Å². The highest BCUT2D eigenvalue weighted by molar-refractivity contribution is 7.09. The van der Waals surface area contributed by atoms with E-state index < -0.39 is 0 Å². The van der Waals surface area contributed by atoms with Crippen molar-refractivity contribution in [3.8, 4) is 0 Å². The second kappa shape index (κ2) is 6.43. The molecule has 1 aliphatic rings. The number of rotatable bonds is 5. The minimum atomic E-state index is 0.348. The summed E-state index contributed by atoms with van der Waals surface area (Å²) in [4.78, 5) is 18.7. The smallest absolute Gasteiger partial charge is 0.140 e. The number of carbonyl (C=O) groups excluding carboxylic acids is 1. The number of aromatic nitrogens is 1. The van der Waals surface area contributed by atoms with E-state index >= 15 is 0 Å². The first kappa shape index (κ1) is 13.7. The van der Waals surface area contributed by atoms with Crippen LogP contribution in [0, 0.1) is 5.92 Å². The summed E-state index contributed by atoms with van der Waals surface area (Å²) < 4.78 is 0. The van der Waals surface area contributed by atoms with Gasteiger partial charge in [0.2, 0.25) is 0 Å². The lowest BCUT2D eigenvalue weighted by Gasteiger charge is -2.35. The van der Waals surface area contributed by atoms with E-state index in [1.54, 1.807) is 17.5 Å². The molecule has 1 aromatic rings. The van der Waals surface area contributed by atoms with Gasteiger partial charge in [-0.05, 0) is 39.2 Å². The molecule has 2 rings (SSSR count). The lowest BCUT2D eigenvalue weighted by molar-refractivity contribution is -0.119. The summed E-state index contributed by atoms with van der Waals surface area (Å²) in [6.45, 7) is 6.75. The van der Waals surface area contributed by atoms with Crippen LogP contribution < -0.4 is 0 Å². The van der Waals surface area contributed by atoms with Crippen LogP contribution in [0.3, 0.4) is 0 Å². The molecular weight excluding hydrogens is 244 g/mol. The zero-order chi connectivity index (χ0) is 13.0. The second-order valence-electron chi connectivity index (χ2n) is 5.44. The van der Waals surface area contributed by atoms with Crippen molar-refractivity contribution in [2.24, 2.45) is 5.92 Å². The Morgan fingerprint density at radius 1 is 1.61 bits per heavy atom. The number of nitrogens with zero attached hydrogens (tertiary/aromatic N) is 2. The van der Waals surface area contributed by atoms with Crippen molar-refractivity contribution >= 4 is 17.1 Å². The minimum Gasteiger partial charge on any atom is -0.301 e. The fourth-order valence-corrected chi connectivity index (χ4v) is 3.28. The Labute approximate surface area is 113 Å². The van der Waals surface area contributed by atoms with Gasteiger partial charge >= 0.3 is 0 Å². The molecule has 18 heavy (non-hydrogen) atoms. The fourth-order valence-electron chi connectivity index (χ4n) is 2.64. The van der Waals surface area contributed by atoms with Crippen molar-refractivity contribution in [2.45, 2.75) is 45.6 Å². The van der Waals surface area contributed by atoms with Crippen LogP contribution in [-0.2, 0) is 11.2 Å². The zero-order valence-electron chi connectivity index (χ0n) is 11.3. The van der Waals surface area contributed by atoms with Crippen LogP contribution in [0.2, 0.25) is 0 Å². The van der Waals surface area contributed by atoms with Crippen molar-refractivity contribution in [1.82, 2.24) is 9.88 Å². The maximum absolute atomic E-state index is 12.0. The fraction of sp³-hybridized carbons (Fsp3) is 0.714. The molecular formula is C14H22N2OS. The highest BCUT2D eigenvalue weighted by atomic mass is 32.1. The maximum atomic E-state index is 12.0. The number of hydrogen-bond acceptors (Lipinski definition) is 4. The molecule has 0 saturated carbocycles. The monoisotopic (exact) mass is 266 g/mol. The Hall–Kier alpha value is -0.740. The Bertz CT molecular complexity index is 375. The highest BCUT2D eigenvalue weighted by Crippen LogP contribution is 2.22. The van der Waals surface area contributed by atoms with Crippen LogP contribution in [0.5, 0.6) is 0 Å². The lowest BCUT2D eigenvalue weighted by atomic mass is 9.91. The predicted molar refractivity (Wildman–Crippen MR) is 74.9 cm³/mol. The molecule has 1 atom stereocenters. The molecule has 1 aliphatic heterocycles. The van der Waals surface area contributed by atoms with Gasteiger partial charge in [-0.3, -0.25) is 4.79 Å². The van der Waals surface area contributed by atoms with E-state index in [0.29, 0.717) is 24.2 Å². The van der Waals surface area contributed by atoms with Crippen molar-refractivity contribution in [3.63, 3.8) is 0 Å². The second-order valence-corrected chi connectivity index (χ2v) is 6.42. The summed E-state index contributed by atoms with van der Waals surface area (Å²) >= 11 is 1.58. The average molecular weight is 266 g/mol. The summed E-state index contributed by atoms with van der Waals surface area (Å²) in [5, 5.41) is 2.89. The number of hydrogen-bond donors (Lipinski definition) is 0. The van der Waals surface area contributed by atoms with E-state index in [4.69, 9.17) is 0 Å². The van der Waals surface area contributed by atoms with Crippen LogP contribution >= 0.6 is 11.3 Å². The third kappa shape index (κ3) is 3.89. The SMILES string of the molecule is CC(C)N1CCC[C@@H](CC(=O)Cc2nccs2)C1. The molecule has 1 aromatic heterocycles. The van der Waals surface area contributed by atoms with Crippen LogP contribution in [0.4, 0.5) is 0 Å². The van der Waals surface area contributed by atoms with Gasteiger partial charge in [-0.1, -0.05) is 0 Å². The summed E-state index contributed by atoms with van der Waals surface area (Å²) in [6.07, 6.45) is 5.45. The highest BCUT2D eigenvalue weighted by Gasteiger charge is 2.23. The minimum absolute atomic E-state index is 0.348. The Morgan fingerprint density at radius 2 is 2.44 bits per heavy atom.